The average molecular weight is 207 g/mol. The maximum absolute atomic E-state index is 13.3. The second kappa shape index (κ2) is 4.39. The van der Waals surface area contributed by atoms with Gasteiger partial charge >= 0.3 is 0 Å². The lowest BCUT2D eigenvalue weighted by Gasteiger charge is -2.26. The molecule has 0 N–H and O–H groups in total. The van der Waals surface area contributed by atoms with E-state index in [0.717, 1.165) is 0 Å². The number of ether oxygens (including phenoxy) is 2. The molecule has 1 aliphatic heterocycles. The molecule has 78 valence electrons. The van der Waals surface area contributed by atoms with Crippen LogP contribution in [0.5, 0.6) is 0 Å². The van der Waals surface area contributed by atoms with Crippen molar-refractivity contribution in [2.75, 3.05) is 13.2 Å². The minimum absolute atomic E-state index is 0.0649. The van der Waals surface area contributed by atoms with Crippen molar-refractivity contribution in [2.45, 2.75) is 12.7 Å². The normalized spacial score (nSPS) is 15.7. The van der Waals surface area contributed by atoms with Crippen molar-refractivity contribution in [3.63, 3.8) is 0 Å². The van der Waals surface area contributed by atoms with E-state index in [1.165, 1.54) is 18.2 Å². The number of nitriles is 1. The van der Waals surface area contributed by atoms with Gasteiger partial charge in [0.25, 0.3) is 0 Å². The molecule has 0 spiro atoms. The molecule has 1 aliphatic rings. The summed E-state index contributed by atoms with van der Waals surface area (Å²) >= 11 is 0. The van der Waals surface area contributed by atoms with Crippen molar-refractivity contribution in [3.05, 3.63) is 35.1 Å². The molecule has 1 heterocycles. The van der Waals surface area contributed by atoms with Crippen LogP contribution in [-0.2, 0) is 16.1 Å². The first-order valence-electron chi connectivity index (χ1n) is 4.67. The Balaban J connectivity index is 2.02. The van der Waals surface area contributed by atoms with Crippen LogP contribution in [0.3, 0.4) is 0 Å². The van der Waals surface area contributed by atoms with Gasteiger partial charge in [-0.2, -0.15) is 5.26 Å². The molecule has 0 unspecified atom stereocenters. The summed E-state index contributed by atoms with van der Waals surface area (Å²) in [4.78, 5) is 0. The molecule has 15 heavy (non-hydrogen) atoms. The van der Waals surface area contributed by atoms with Crippen molar-refractivity contribution < 1.29 is 13.9 Å². The topological polar surface area (TPSA) is 42.2 Å². The summed E-state index contributed by atoms with van der Waals surface area (Å²) in [6.07, 6.45) is 0.0649. The van der Waals surface area contributed by atoms with Crippen LogP contribution in [0.15, 0.2) is 18.2 Å². The van der Waals surface area contributed by atoms with Gasteiger partial charge in [0.05, 0.1) is 31.5 Å². The predicted octanol–water partition coefficient (Wildman–Crippen LogP) is 1.61. The van der Waals surface area contributed by atoms with E-state index in [-0.39, 0.29) is 18.5 Å². The van der Waals surface area contributed by atoms with E-state index in [0.29, 0.717) is 24.3 Å². The van der Waals surface area contributed by atoms with Crippen LogP contribution in [0.2, 0.25) is 0 Å². The molecular formula is C11H10FNO2. The molecular weight excluding hydrogens is 197 g/mol. The van der Waals surface area contributed by atoms with Crippen molar-refractivity contribution >= 4 is 0 Å². The molecule has 0 radical (unpaired) electrons. The SMILES string of the molecule is N#Cc1ccc(F)c(COC2COC2)c1. The molecule has 1 aromatic rings. The van der Waals surface area contributed by atoms with Crippen molar-refractivity contribution in [3.8, 4) is 6.07 Å². The Kier molecular flexibility index (Phi) is 2.95. The third kappa shape index (κ3) is 2.32. The maximum atomic E-state index is 13.3. The fourth-order valence-electron chi connectivity index (χ4n) is 1.27. The van der Waals surface area contributed by atoms with Crippen LogP contribution in [-0.4, -0.2) is 19.3 Å². The van der Waals surface area contributed by atoms with Crippen LogP contribution < -0.4 is 0 Å². The van der Waals surface area contributed by atoms with Crippen LogP contribution >= 0.6 is 0 Å². The monoisotopic (exact) mass is 207 g/mol. The maximum Gasteiger partial charge on any atom is 0.128 e. The lowest BCUT2D eigenvalue weighted by molar-refractivity contribution is -0.135. The Hall–Kier alpha value is -1.44. The summed E-state index contributed by atoms with van der Waals surface area (Å²) in [5, 5.41) is 8.65. The fraction of sp³-hybridized carbons (Fsp3) is 0.364. The number of hydrogen-bond donors (Lipinski definition) is 0. The summed E-state index contributed by atoms with van der Waals surface area (Å²) in [6, 6.07) is 6.21. The summed E-state index contributed by atoms with van der Waals surface area (Å²) in [7, 11) is 0. The van der Waals surface area contributed by atoms with Gasteiger partial charge in [-0.25, -0.2) is 4.39 Å². The molecule has 2 rings (SSSR count). The van der Waals surface area contributed by atoms with E-state index in [2.05, 4.69) is 0 Å². The summed E-state index contributed by atoms with van der Waals surface area (Å²) in [5.41, 5.74) is 0.862. The molecule has 1 fully saturated rings. The number of hydrogen-bond acceptors (Lipinski definition) is 3. The van der Waals surface area contributed by atoms with Crippen molar-refractivity contribution in [1.82, 2.24) is 0 Å². The number of halogens is 1. The van der Waals surface area contributed by atoms with Crippen molar-refractivity contribution in [2.24, 2.45) is 0 Å². The average Bonchev–Trinajstić information content (AvgIpc) is 2.18. The number of rotatable bonds is 3. The lowest BCUT2D eigenvalue weighted by atomic mass is 10.1. The highest BCUT2D eigenvalue weighted by molar-refractivity contribution is 5.33. The highest BCUT2D eigenvalue weighted by Gasteiger charge is 2.19. The first-order valence-corrected chi connectivity index (χ1v) is 4.67. The molecule has 3 nitrogen and oxygen atoms in total. The predicted molar refractivity (Wildman–Crippen MR) is 50.5 cm³/mol. The van der Waals surface area contributed by atoms with Gasteiger partial charge in [0.2, 0.25) is 0 Å². The lowest BCUT2D eigenvalue weighted by Crippen LogP contribution is -2.35. The van der Waals surface area contributed by atoms with E-state index in [4.69, 9.17) is 14.7 Å². The molecule has 1 aromatic carbocycles. The molecule has 0 saturated carbocycles. The molecule has 0 aromatic heterocycles. The Morgan fingerprint density at radius 2 is 2.33 bits per heavy atom. The third-order valence-corrected chi connectivity index (χ3v) is 2.26. The standard InChI is InChI=1S/C11H10FNO2/c12-11-2-1-8(4-13)3-9(11)5-15-10-6-14-7-10/h1-3,10H,5-7H2. The van der Waals surface area contributed by atoms with Crippen LogP contribution in [0.25, 0.3) is 0 Å². The fourth-order valence-corrected chi connectivity index (χ4v) is 1.27. The Morgan fingerprint density at radius 1 is 1.53 bits per heavy atom. The second-order valence-electron chi connectivity index (χ2n) is 3.39. The quantitative estimate of drug-likeness (QED) is 0.756. The molecule has 0 aliphatic carbocycles. The van der Waals surface area contributed by atoms with Gasteiger partial charge in [0.1, 0.15) is 11.9 Å². The van der Waals surface area contributed by atoms with Crippen molar-refractivity contribution in [1.29, 1.82) is 5.26 Å². The van der Waals surface area contributed by atoms with Crippen LogP contribution in [0, 0.1) is 17.1 Å². The minimum Gasteiger partial charge on any atom is -0.376 e. The first-order chi connectivity index (χ1) is 7.29. The first kappa shape index (κ1) is 10.1. The molecule has 4 heteroatoms. The van der Waals surface area contributed by atoms with Gasteiger partial charge in [0, 0.05) is 5.56 Å². The Bertz CT molecular complexity index is 396. The van der Waals surface area contributed by atoms with Gasteiger partial charge in [0.15, 0.2) is 0 Å². The molecule has 0 amide bonds. The largest absolute Gasteiger partial charge is 0.376 e. The van der Waals surface area contributed by atoms with Crippen LogP contribution in [0.4, 0.5) is 4.39 Å². The van der Waals surface area contributed by atoms with Gasteiger partial charge in [-0.3, -0.25) is 0 Å². The third-order valence-electron chi connectivity index (χ3n) is 2.26. The van der Waals surface area contributed by atoms with Crippen LogP contribution in [0.1, 0.15) is 11.1 Å². The zero-order valence-corrected chi connectivity index (χ0v) is 8.07. The van der Waals surface area contributed by atoms with Gasteiger partial charge in [-0.15, -0.1) is 0 Å². The molecule has 1 saturated heterocycles. The van der Waals surface area contributed by atoms with E-state index in [9.17, 15) is 4.39 Å². The van der Waals surface area contributed by atoms with Gasteiger partial charge < -0.3 is 9.47 Å². The highest BCUT2D eigenvalue weighted by Crippen LogP contribution is 2.14. The second-order valence-corrected chi connectivity index (χ2v) is 3.39. The van der Waals surface area contributed by atoms with E-state index < -0.39 is 0 Å². The molecule has 0 bridgehead atoms. The zero-order chi connectivity index (χ0) is 10.7. The van der Waals surface area contributed by atoms with Gasteiger partial charge in [-0.05, 0) is 18.2 Å². The zero-order valence-electron chi connectivity index (χ0n) is 8.07. The smallest absolute Gasteiger partial charge is 0.128 e. The van der Waals surface area contributed by atoms with Gasteiger partial charge in [-0.1, -0.05) is 0 Å². The summed E-state index contributed by atoms with van der Waals surface area (Å²) < 4.78 is 23.6. The van der Waals surface area contributed by atoms with E-state index in [1.54, 1.807) is 0 Å². The highest BCUT2D eigenvalue weighted by atomic mass is 19.1. The summed E-state index contributed by atoms with van der Waals surface area (Å²) in [6.45, 7) is 1.33. The Labute approximate surface area is 87.0 Å². The summed E-state index contributed by atoms with van der Waals surface area (Å²) in [5.74, 6) is -0.339. The number of benzene rings is 1. The molecule has 0 atom stereocenters. The Morgan fingerprint density at radius 3 is 2.93 bits per heavy atom. The van der Waals surface area contributed by atoms with E-state index in [1.807, 2.05) is 6.07 Å². The van der Waals surface area contributed by atoms with E-state index >= 15 is 0 Å². The number of nitrogens with zero attached hydrogens (tertiary/aromatic N) is 1. The minimum atomic E-state index is -0.339.